The van der Waals surface area contributed by atoms with Crippen molar-refractivity contribution in [1.29, 1.82) is 5.41 Å². The third-order valence-electron chi connectivity index (χ3n) is 2.50. The van der Waals surface area contributed by atoms with Gasteiger partial charge in [-0.05, 0) is 19.3 Å². The van der Waals surface area contributed by atoms with Gasteiger partial charge in [0.1, 0.15) is 5.78 Å². The van der Waals surface area contributed by atoms with E-state index in [1.807, 2.05) is 13.8 Å². The van der Waals surface area contributed by atoms with Gasteiger partial charge in [-0.25, -0.2) is 0 Å². The predicted octanol–water partition coefficient (Wildman–Crippen LogP) is 2.82. The fourth-order valence-corrected chi connectivity index (χ4v) is 1.35. The lowest BCUT2D eigenvalue weighted by atomic mass is 9.98. The van der Waals surface area contributed by atoms with Gasteiger partial charge in [0.15, 0.2) is 0 Å². The summed E-state index contributed by atoms with van der Waals surface area (Å²) < 4.78 is 0. The molecule has 0 saturated heterocycles. The molecular weight excluding hydrogens is 218 g/mol. The number of rotatable bonds is 9. The summed E-state index contributed by atoms with van der Waals surface area (Å²) in [6.07, 6.45) is 5.49. The average Bonchev–Trinajstić information content (AvgIpc) is 2.30. The van der Waals surface area contributed by atoms with Crippen molar-refractivity contribution in [3.05, 3.63) is 12.2 Å². The normalized spacial score (nSPS) is 12.6. The van der Waals surface area contributed by atoms with Crippen LogP contribution in [0.15, 0.2) is 12.2 Å². The number of carbonyl (C=O) groups excluding carboxylic acids is 1. The van der Waals surface area contributed by atoms with E-state index in [1.54, 1.807) is 12.2 Å². The monoisotopic (exact) mass is 239 g/mol. The van der Waals surface area contributed by atoms with Crippen molar-refractivity contribution in [2.45, 2.75) is 46.0 Å². The zero-order valence-corrected chi connectivity index (χ0v) is 10.5. The molecule has 0 aromatic rings. The van der Waals surface area contributed by atoms with Crippen LogP contribution in [0.3, 0.4) is 0 Å². The minimum atomic E-state index is -0.964. The summed E-state index contributed by atoms with van der Waals surface area (Å²) in [5, 5.41) is 16.4. The minimum Gasteiger partial charge on any atom is -0.481 e. The molecule has 0 amide bonds. The number of allylic oxidation sites excluding steroid dienone is 1. The minimum absolute atomic E-state index is 0.0306. The highest BCUT2D eigenvalue weighted by atomic mass is 16.4. The van der Waals surface area contributed by atoms with E-state index in [9.17, 15) is 9.59 Å². The molecule has 0 heterocycles. The van der Waals surface area contributed by atoms with Crippen LogP contribution in [0.5, 0.6) is 0 Å². The van der Waals surface area contributed by atoms with Crippen LogP contribution < -0.4 is 0 Å². The number of hydrogen-bond acceptors (Lipinski definition) is 3. The highest BCUT2D eigenvalue weighted by molar-refractivity contribution is 5.89. The van der Waals surface area contributed by atoms with Crippen molar-refractivity contribution < 1.29 is 14.7 Å². The van der Waals surface area contributed by atoms with E-state index >= 15 is 0 Å². The second-order valence-corrected chi connectivity index (χ2v) is 3.98. The number of carboxylic acids is 1. The highest BCUT2D eigenvalue weighted by Crippen LogP contribution is 2.10. The first-order valence-corrected chi connectivity index (χ1v) is 5.98. The van der Waals surface area contributed by atoms with E-state index in [2.05, 4.69) is 0 Å². The summed E-state index contributed by atoms with van der Waals surface area (Å²) in [5.41, 5.74) is 0.536. The number of nitrogens with one attached hydrogen (secondary N) is 1. The summed E-state index contributed by atoms with van der Waals surface area (Å²) >= 11 is 0. The lowest BCUT2D eigenvalue weighted by Gasteiger charge is -2.06. The first kappa shape index (κ1) is 15.6. The van der Waals surface area contributed by atoms with Crippen LogP contribution in [-0.4, -0.2) is 22.6 Å². The number of hydrogen-bond donors (Lipinski definition) is 2. The standard InChI is InChI=1S/C13H21NO3/c1-3-5-6-10(13(16)17)9-12(15)8-7-11(14)4-2/h5-6,10,14H,3-4,7-9H2,1-2H3,(H,16,17). The lowest BCUT2D eigenvalue weighted by molar-refractivity contribution is -0.141. The summed E-state index contributed by atoms with van der Waals surface area (Å²) in [7, 11) is 0. The van der Waals surface area contributed by atoms with Crippen LogP contribution in [0.25, 0.3) is 0 Å². The van der Waals surface area contributed by atoms with Crippen LogP contribution in [-0.2, 0) is 9.59 Å². The van der Waals surface area contributed by atoms with E-state index in [0.29, 0.717) is 18.6 Å². The maximum absolute atomic E-state index is 11.5. The van der Waals surface area contributed by atoms with Gasteiger partial charge in [0.05, 0.1) is 5.92 Å². The molecule has 0 aromatic heterocycles. The van der Waals surface area contributed by atoms with Crippen LogP contribution in [0.1, 0.15) is 46.0 Å². The molecule has 0 saturated carbocycles. The van der Waals surface area contributed by atoms with Crippen molar-refractivity contribution in [3.63, 3.8) is 0 Å². The molecule has 0 spiro atoms. The highest BCUT2D eigenvalue weighted by Gasteiger charge is 2.17. The molecule has 17 heavy (non-hydrogen) atoms. The Morgan fingerprint density at radius 3 is 2.41 bits per heavy atom. The van der Waals surface area contributed by atoms with Crippen LogP contribution >= 0.6 is 0 Å². The van der Waals surface area contributed by atoms with Crippen molar-refractivity contribution in [1.82, 2.24) is 0 Å². The first-order chi connectivity index (χ1) is 8.01. The third kappa shape index (κ3) is 7.44. The largest absolute Gasteiger partial charge is 0.481 e. The fourth-order valence-electron chi connectivity index (χ4n) is 1.35. The Morgan fingerprint density at radius 1 is 1.29 bits per heavy atom. The zero-order valence-electron chi connectivity index (χ0n) is 10.5. The zero-order chi connectivity index (χ0) is 13.3. The molecule has 0 aliphatic heterocycles. The fraction of sp³-hybridized carbons (Fsp3) is 0.615. The van der Waals surface area contributed by atoms with Crippen LogP contribution in [0.2, 0.25) is 0 Å². The number of aliphatic carboxylic acids is 1. The van der Waals surface area contributed by atoms with E-state index in [0.717, 1.165) is 6.42 Å². The van der Waals surface area contributed by atoms with E-state index < -0.39 is 11.9 Å². The van der Waals surface area contributed by atoms with Gasteiger partial charge in [-0.15, -0.1) is 0 Å². The molecule has 4 nitrogen and oxygen atoms in total. The molecule has 0 radical (unpaired) electrons. The molecule has 2 N–H and O–H groups in total. The number of ketones is 1. The lowest BCUT2D eigenvalue weighted by Crippen LogP contribution is -2.16. The molecule has 96 valence electrons. The summed E-state index contributed by atoms with van der Waals surface area (Å²) in [6.45, 7) is 3.79. The van der Waals surface area contributed by atoms with Gasteiger partial charge in [0, 0.05) is 18.6 Å². The molecular formula is C13H21NO3. The van der Waals surface area contributed by atoms with Gasteiger partial charge in [0.2, 0.25) is 0 Å². The first-order valence-electron chi connectivity index (χ1n) is 5.98. The summed E-state index contributed by atoms with van der Waals surface area (Å²) in [4.78, 5) is 22.4. The predicted molar refractivity (Wildman–Crippen MR) is 67.4 cm³/mol. The molecule has 1 unspecified atom stereocenters. The van der Waals surface area contributed by atoms with Gasteiger partial charge in [0.25, 0.3) is 0 Å². The van der Waals surface area contributed by atoms with E-state index in [4.69, 9.17) is 10.5 Å². The van der Waals surface area contributed by atoms with Crippen molar-refractivity contribution in [2.24, 2.45) is 5.92 Å². The maximum Gasteiger partial charge on any atom is 0.310 e. The van der Waals surface area contributed by atoms with Crippen LogP contribution in [0.4, 0.5) is 0 Å². The Labute approximate surface area is 102 Å². The number of carboxylic acid groups (broad SMARTS) is 1. The SMILES string of the molecule is CCC=CC(CC(=O)CCC(=N)CC)C(=O)O. The van der Waals surface area contributed by atoms with Gasteiger partial charge in [-0.3, -0.25) is 9.59 Å². The average molecular weight is 239 g/mol. The van der Waals surface area contributed by atoms with Crippen molar-refractivity contribution in [2.75, 3.05) is 0 Å². The van der Waals surface area contributed by atoms with Gasteiger partial charge >= 0.3 is 5.97 Å². The topological polar surface area (TPSA) is 78.2 Å². The van der Waals surface area contributed by atoms with Gasteiger partial charge in [-0.2, -0.15) is 0 Å². The van der Waals surface area contributed by atoms with E-state index in [-0.39, 0.29) is 18.6 Å². The van der Waals surface area contributed by atoms with Gasteiger partial charge in [-0.1, -0.05) is 26.0 Å². The van der Waals surface area contributed by atoms with Crippen LogP contribution in [0, 0.1) is 11.3 Å². The number of Topliss-reactive ketones (excluding diaryl/α,β-unsaturated/α-hetero) is 1. The third-order valence-corrected chi connectivity index (χ3v) is 2.50. The Balaban J connectivity index is 4.17. The Bertz CT molecular complexity index is 308. The maximum atomic E-state index is 11.5. The molecule has 1 atom stereocenters. The summed E-state index contributed by atoms with van der Waals surface area (Å²) in [6, 6.07) is 0. The van der Waals surface area contributed by atoms with Crippen molar-refractivity contribution in [3.8, 4) is 0 Å². The molecule has 0 aromatic carbocycles. The molecule has 0 rings (SSSR count). The molecule has 0 aliphatic carbocycles. The number of carbonyl (C=O) groups is 2. The van der Waals surface area contributed by atoms with Gasteiger partial charge < -0.3 is 10.5 Å². The molecule has 0 bridgehead atoms. The smallest absolute Gasteiger partial charge is 0.310 e. The quantitative estimate of drug-likeness (QED) is 0.479. The Hall–Kier alpha value is -1.45. The summed E-state index contributed by atoms with van der Waals surface area (Å²) in [5.74, 6) is -1.77. The van der Waals surface area contributed by atoms with Crippen molar-refractivity contribution >= 4 is 17.5 Å². The molecule has 0 fully saturated rings. The second kappa shape index (κ2) is 8.67. The Kier molecular flexibility index (Phi) is 7.93. The van der Waals surface area contributed by atoms with E-state index in [1.165, 1.54) is 0 Å². The molecule has 4 heteroatoms. The Morgan fingerprint density at radius 2 is 1.94 bits per heavy atom. The molecule has 0 aliphatic rings. The second-order valence-electron chi connectivity index (χ2n) is 3.98.